The van der Waals surface area contributed by atoms with Crippen LogP contribution in [0.1, 0.15) is 37.5 Å². The van der Waals surface area contributed by atoms with Crippen LogP contribution in [0.4, 0.5) is 0 Å². The van der Waals surface area contributed by atoms with Crippen molar-refractivity contribution in [3.05, 3.63) is 35.6 Å². The highest BCUT2D eigenvalue weighted by Crippen LogP contribution is 2.30. The van der Waals surface area contributed by atoms with Crippen LogP contribution >= 0.6 is 0 Å². The van der Waals surface area contributed by atoms with E-state index in [0.717, 1.165) is 17.4 Å². The van der Waals surface area contributed by atoms with Gasteiger partial charge in [-0.2, -0.15) is 0 Å². The number of ether oxygens (including phenoxy) is 1. The third-order valence-electron chi connectivity index (χ3n) is 3.32. The second kappa shape index (κ2) is 5.25. The Balaban J connectivity index is 2.41. The summed E-state index contributed by atoms with van der Waals surface area (Å²) < 4.78 is 10.4. The van der Waals surface area contributed by atoms with Crippen LogP contribution in [0.15, 0.2) is 28.7 Å². The molecule has 2 rings (SSSR count). The Morgan fingerprint density at radius 1 is 1.44 bits per heavy atom. The largest absolute Gasteiger partial charge is 0.469 e. The Kier molecular flexibility index (Phi) is 3.70. The van der Waals surface area contributed by atoms with Gasteiger partial charge in [-0.3, -0.25) is 4.79 Å². The summed E-state index contributed by atoms with van der Waals surface area (Å²) >= 11 is 0. The SMILES string of the molecule is CCC(C)c1cccc2cc(CC(=O)OC)oc12. The predicted molar refractivity (Wildman–Crippen MR) is 70.6 cm³/mol. The van der Waals surface area contributed by atoms with Gasteiger partial charge in [-0.15, -0.1) is 0 Å². The van der Waals surface area contributed by atoms with Crippen molar-refractivity contribution in [2.24, 2.45) is 0 Å². The fourth-order valence-corrected chi connectivity index (χ4v) is 2.05. The number of methoxy groups -OCH3 is 1. The molecule has 18 heavy (non-hydrogen) atoms. The summed E-state index contributed by atoms with van der Waals surface area (Å²) in [4.78, 5) is 11.3. The van der Waals surface area contributed by atoms with Crippen molar-refractivity contribution < 1.29 is 13.9 Å². The van der Waals surface area contributed by atoms with Gasteiger partial charge in [0.2, 0.25) is 0 Å². The molecule has 0 aliphatic carbocycles. The van der Waals surface area contributed by atoms with E-state index in [1.54, 1.807) is 0 Å². The van der Waals surface area contributed by atoms with Crippen LogP contribution in [0, 0.1) is 0 Å². The lowest BCUT2D eigenvalue weighted by molar-refractivity contribution is -0.140. The number of esters is 1. The first-order chi connectivity index (χ1) is 8.65. The van der Waals surface area contributed by atoms with Gasteiger partial charge in [0.15, 0.2) is 0 Å². The van der Waals surface area contributed by atoms with E-state index in [1.807, 2.05) is 18.2 Å². The number of hydrogen-bond acceptors (Lipinski definition) is 3. The van der Waals surface area contributed by atoms with E-state index in [0.29, 0.717) is 11.7 Å². The molecule has 3 heteroatoms. The molecule has 1 aromatic heterocycles. The highest BCUT2D eigenvalue weighted by molar-refractivity contribution is 5.83. The van der Waals surface area contributed by atoms with Crippen LogP contribution < -0.4 is 0 Å². The summed E-state index contributed by atoms with van der Waals surface area (Å²) in [6.07, 6.45) is 1.25. The summed E-state index contributed by atoms with van der Waals surface area (Å²) in [5, 5.41) is 1.05. The molecule has 96 valence electrons. The quantitative estimate of drug-likeness (QED) is 0.773. The molecule has 0 spiro atoms. The van der Waals surface area contributed by atoms with Crippen LogP contribution in [0.3, 0.4) is 0 Å². The van der Waals surface area contributed by atoms with Gasteiger partial charge in [-0.25, -0.2) is 0 Å². The van der Waals surface area contributed by atoms with E-state index in [1.165, 1.54) is 12.7 Å². The lowest BCUT2D eigenvalue weighted by atomic mass is 9.97. The van der Waals surface area contributed by atoms with Crippen LogP contribution in [-0.2, 0) is 16.0 Å². The lowest BCUT2D eigenvalue weighted by Crippen LogP contribution is -2.03. The van der Waals surface area contributed by atoms with Crippen molar-refractivity contribution in [1.29, 1.82) is 0 Å². The van der Waals surface area contributed by atoms with Crippen LogP contribution in [0.25, 0.3) is 11.0 Å². The van der Waals surface area contributed by atoms with Gasteiger partial charge in [0.25, 0.3) is 0 Å². The molecule has 0 N–H and O–H groups in total. The topological polar surface area (TPSA) is 39.4 Å². The Morgan fingerprint density at radius 3 is 2.89 bits per heavy atom. The standard InChI is InChI=1S/C15H18O3/c1-4-10(2)13-7-5-6-11-8-12(18-15(11)13)9-14(16)17-3/h5-8,10H,4,9H2,1-3H3. The van der Waals surface area contributed by atoms with Crippen LogP contribution in [0.5, 0.6) is 0 Å². The molecule has 0 saturated carbocycles. The van der Waals surface area contributed by atoms with Gasteiger partial charge < -0.3 is 9.15 Å². The molecule has 0 fully saturated rings. The average molecular weight is 246 g/mol. The van der Waals surface area contributed by atoms with E-state index in [9.17, 15) is 4.79 Å². The van der Waals surface area contributed by atoms with Crippen molar-refractivity contribution in [2.45, 2.75) is 32.6 Å². The molecule has 1 aromatic carbocycles. The molecular weight excluding hydrogens is 228 g/mol. The van der Waals surface area contributed by atoms with Gasteiger partial charge in [-0.05, 0) is 24.0 Å². The maximum atomic E-state index is 11.3. The van der Waals surface area contributed by atoms with E-state index in [-0.39, 0.29) is 12.4 Å². The van der Waals surface area contributed by atoms with Crippen molar-refractivity contribution in [3.63, 3.8) is 0 Å². The van der Waals surface area contributed by atoms with E-state index in [2.05, 4.69) is 24.7 Å². The number of furan rings is 1. The first kappa shape index (κ1) is 12.7. The second-order valence-electron chi connectivity index (χ2n) is 4.54. The fourth-order valence-electron chi connectivity index (χ4n) is 2.05. The van der Waals surface area contributed by atoms with Gasteiger partial charge in [-0.1, -0.05) is 32.0 Å². The van der Waals surface area contributed by atoms with Gasteiger partial charge >= 0.3 is 5.97 Å². The average Bonchev–Trinajstić information content (AvgIpc) is 2.79. The van der Waals surface area contributed by atoms with Crippen molar-refractivity contribution in [2.75, 3.05) is 7.11 Å². The Bertz CT molecular complexity index is 554. The molecule has 0 amide bonds. The summed E-state index contributed by atoms with van der Waals surface area (Å²) in [6, 6.07) is 8.03. The molecule has 1 atom stereocenters. The normalized spacial score (nSPS) is 12.6. The predicted octanol–water partition coefficient (Wildman–Crippen LogP) is 3.66. The Labute approximate surface area is 107 Å². The number of hydrogen-bond donors (Lipinski definition) is 0. The fraction of sp³-hybridized carbons (Fsp3) is 0.400. The molecule has 0 aliphatic rings. The summed E-state index contributed by atoms with van der Waals surface area (Å²) in [6.45, 7) is 4.33. The maximum Gasteiger partial charge on any atom is 0.313 e. The number of carbonyl (C=O) groups excluding carboxylic acids is 1. The minimum Gasteiger partial charge on any atom is -0.469 e. The van der Waals surface area contributed by atoms with Gasteiger partial charge in [0.1, 0.15) is 17.8 Å². The van der Waals surface area contributed by atoms with E-state index < -0.39 is 0 Å². The van der Waals surface area contributed by atoms with Crippen molar-refractivity contribution in [3.8, 4) is 0 Å². The van der Waals surface area contributed by atoms with E-state index >= 15 is 0 Å². The summed E-state index contributed by atoms with van der Waals surface area (Å²) in [7, 11) is 1.38. The third-order valence-corrected chi connectivity index (χ3v) is 3.32. The smallest absolute Gasteiger partial charge is 0.313 e. The second-order valence-corrected chi connectivity index (χ2v) is 4.54. The molecule has 3 nitrogen and oxygen atoms in total. The molecular formula is C15H18O3. The number of para-hydroxylation sites is 1. The van der Waals surface area contributed by atoms with Crippen LogP contribution in [-0.4, -0.2) is 13.1 Å². The number of rotatable bonds is 4. The lowest BCUT2D eigenvalue weighted by Gasteiger charge is -2.08. The molecule has 1 heterocycles. The minimum atomic E-state index is -0.279. The van der Waals surface area contributed by atoms with Gasteiger partial charge in [0, 0.05) is 5.39 Å². The number of carbonyl (C=O) groups is 1. The Morgan fingerprint density at radius 2 is 2.22 bits per heavy atom. The molecule has 0 radical (unpaired) electrons. The zero-order chi connectivity index (χ0) is 13.1. The molecule has 0 bridgehead atoms. The van der Waals surface area contributed by atoms with Crippen molar-refractivity contribution in [1.82, 2.24) is 0 Å². The third kappa shape index (κ3) is 2.40. The number of fused-ring (bicyclic) bond motifs is 1. The summed E-state index contributed by atoms with van der Waals surface area (Å²) in [5.74, 6) is 0.831. The zero-order valence-electron chi connectivity index (χ0n) is 11.0. The Hall–Kier alpha value is -1.77. The van der Waals surface area contributed by atoms with E-state index in [4.69, 9.17) is 4.42 Å². The highest BCUT2D eigenvalue weighted by atomic mass is 16.5. The molecule has 2 aromatic rings. The first-order valence-corrected chi connectivity index (χ1v) is 6.23. The maximum absolute atomic E-state index is 11.3. The molecule has 0 saturated heterocycles. The monoisotopic (exact) mass is 246 g/mol. The summed E-state index contributed by atoms with van der Waals surface area (Å²) in [5.41, 5.74) is 2.09. The zero-order valence-corrected chi connectivity index (χ0v) is 11.0. The molecule has 1 unspecified atom stereocenters. The van der Waals surface area contributed by atoms with Crippen molar-refractivity contribution >= 4 is 16.9 Å². The van der Waals surface area contributed by atoms with Crippen LogP contribution in [0.2, 0.25) is 0 Å². The molecule has 0 aliphatic heterocycles. The first-order valence-electron chi connectivity index (χ1n) is 6.23. The highest BCUT2D eigenvalue weighted by Gasteiger charge is 2.14. The minimum absolute atomic E-state index is 0.186. The number of benzene rings is 1. The van der Waals surface area contributed by atoms with Gasteiger partial charge in [0.05, 0.1) is 7.11 Å².